The van der Waals surface area contributed by atoms with Crippen molar-refractivity contribution in [3.05, 3.63) is 17.5 Å². The molecule has 0 radical (unpaired) electrons. The molecule has 0 atom stereocenters. The topological polar surface area (TPSA) is 101 Å². The predicted molar refractivity (Wildman–Crippen MR) is 82.8 cm³/mol. The highest BCUT2D eigenvalue weighted by Gasteiger charge is 2.14. The van der Waals surface area contributed by atoms with E-state index in [1.54, 1.807) is 4.40 Å². The van der Waals surface area contributed by atoms with Crippen LogP contribution in [0.5, 0.6) is 0 Å². The molecule has 118 valence electrons. The van der Waals surface area contributed by atoms with E-state index in [1.807, 2.05) is 33.8 Å². The second kappa shape index (κ2) is 6.73. The SMILES string of the molecule is Cc1cc(C)n2c(SCC(=O)NC(=O)NC(C)C)nnc2n1. The van der Waals surface area contributed by atoms with Crippen LogP contribution in [0.4, 0.5) is 4.79 Å². The van der Waals surface area contributed by atoms with Gasteiger partial charge in [0.2, 0.25) is 5.91 Å². The molecule has 2 N–H and O–H groups in total. The Kier molecular flexibility index (Phi) is 4.96. The smallest absolute Gasteiger partial charge is 0.321 e. The minimum atomic E-state index is -0.500. The van der Waals surface area contributed by atoms with Crippen LogP contribution in [-0.4, -0.2) is 43.3 Å². The third-order valence-corrected chi connectivity index (χ3v) is 3.60. The van der Waals surface area contributed by atoms with Gasteiger partial charge in [0.05, 0.1) is 5.75 Å². The van der Waals surface area contributed by atoms with Crippen molar-refractivity contribution in [1.29, 1.82) is 0 Å². The Morgan fingerprint density at radius 3 is 2.73 bits per heavy atom. The summed E-state index contributed by atoms with van der Waals surface area (Å²) >= 11 is 1.20. The summed E-state index contributed by atoms with van der Waals surface area (Å²) in [6.07, 6.45) is 0. The lowest BCUT2D eigenvalue weighted by atomic mass is 10.3. The summed E-state index contributed by atoms with van der Waals surface area (Å²) in [5.41, 5.74) is 1.80. The van der Waals surface area contributed by atoms with Crippen LogP contribution < -0.4 is 10.6 Å². The third kappa shape index (κ3) is 3.94. The number of nitrogens with one attached hydrogen (secondary N) is 2. The fourth-order valence-corrected chi connectivity index (χ4v) is 2.67. The molecular formula is C13H18N6O2S. The average Bonchev–Trinajstić information content (AvgIpc) is 2.78. The minimum Gasteiger partial charge on any atom is -0.336 e. The van der Waals surface area contributed by atoms with Gasteiger partial charge in [0.25, 0.3) is 5.78 Å². The van der Waals surface area contributed by atoms with Crippen molar-refractivity contribution in [3.63, 3.8) is 0 Å². The molecule has 9 heteroatoms. The van der Waals surface area contributed by atoms with E-state index in [9.17, 15) is 9.59 Å². The number of hydrogen-bond donors (Lipinski definition) is 2. The molecule has 8 nitrogen and oxygen atoms in total. The average molecular weight is 322 g/mol. The molecule has 0 saturated heterocycles. The van der Waals surface area contributed by atoms with Gasteiger partial charge in [-0.25, -0.2) is 9.78 Å². The first-order valence-corrected chi connectivity index (χ1v) is 7.78. The number of carbonyl (C=O) groups excluding carboxylic acids is 2. The molecule has 0 spiro atoms. The van der Waals surface area contributed by atoms with Crippen molar-refractivity contribution in [2.75, 3.05) is 5.75 Å². The monoisotopic (exact) mass is 322 g/mol. The molecule has 0 aliphatic heterocycles. The second-order valence-electron chi connectivity index (χ2n) is 5.12. The molecular weight excluding hydrogens is 304 g/mol. The van der Waals surface area contributed by atoms with Crippen molar-refractivity contribution < 1.29 is 9.59 Å². The first-order chi connectivity index (χ1) is 10.4. The first-order valence-electron chi connectivity index (χ1n) is 6.79. The summed E-state index contributed by atoms with van der Waals surface area (Å²) in [4.78, 5) is 27.4. The van der Waals surface area contributed by atoms with Crippen LogP contribution in [0.3, 0.4) is 0 Å². The number of fused-ring (bicyclic) bond motifs is 1. The van der Waals surface area contributed by atoms with E-state index in [0.717, 1.165) is 11.4 Å². The fourth-order valence-electron chi connectivity index (χ4n) is 1.88. The maximum atomic E-state index is 11.7. The Morgan fingerprint density at radius 2 is 2.05 bits per heavy atom. The molecule has 0 aliphatic rings. The molecule has 2 heterocycles. The lowest BCUT2D eigenvalue weighted by Gasteiger charge is -2.08. The largest absolute Gasteiger partial charge is 0.336 e. The summed E-state index contributed by atoms with van der Waals surface area (Å²) in [6.45, 7) is 7.44. The maximum Gasteiger partial charge on any atom is 0.321 e. The van der Waals surface area contributed by atoms with Gasteiger partial charge in [-0.1, -0.05) is 11.8 Å². The van der Waals surface area contributed by atoms with Gasteiger partial charge in [0.1, 0.15) is 0 Å². The quantitative estimate of drug-likeness (QED) is 0.817. The van der Waals surface area contributed by atoms with Gasteiger partial charge in [-0.3, -0.25) is 14.5 Å². The number of urea groups is 1. The van der Waals surface area contributed by atoms with Gasteiger partial charge >= 0.3 is 6.03 Å². The molecule has 0 aliphatic carbocycles. The molecule has 2 aromatic rings. The van der Waals surface area contributed by atoms with Gasteiger partial charge < -0.3 is 5.32 Å². The highest BCUT2D eigenvalue weighted by Crippen LogP contribution is 2.18. The highest BCUT2D eigenvalue weighted by molar-refractivity contribution is 7.99. The van der Waals surface area contributed by atoms with Crippen molar-refractivity contribution in [2.45, 2.75) is 38.9 Å². The van der Waals surface area contributed by atoms with E-state index in [1.165, 1.54) is 11.8 Å². The first kappa shape index (κ1) is 16.2. The van der Waals surface area contributed by atoms with Crippen LogP contribution in [0.15, 0.2) is 11.2 Å². The van der Waals surface area contributed by atoms with E-state index in [2.05, 4.69) is 25.8 Å². The zero-order valence-electron chi connectivity index (χ0n) is 12.9. The van der Waals surface area contributed by atoms with Crippen LogP contribution in [0.1, 0.15) is 25.2 Å². The summed E-state index contributed by atoms with van der Waals surface area (Å²) in [5.74, 6) is 0.176. The molecule has 2 rings (SSSR count). The van der Waals surface area contributed by atoms with Crippen molar-refractivity contribution in [2.24, 2.45) is 0 Å². The lowest BCUT2D eigenvalue weighted by molar-refractivity contribution is -0.117. The zero-order valence-corrected chi connectivity index (χ0v) is 13.7. The van der Waals surface area contributed by atoms with E-state index >= 15 is 0 Å². The molecule has 0 saturated carbocycles. The van der Waals surface area contributed by atoms with E-state index in [-0.39, 0.29) is 11.8 Å². The summed E-state index contributed by atoms with van der Waals surface area (Å²) in [5, 5.41) is 13.4. The fraction of sp³-hybridized carbons (Fsp3) is 0.462. The summed E-state index contributed by atoms with van der Waals surface area (Å²) in [6, 6.07) is 1.38. The van der Waals surface area contributed by atoms with Crippen LogP contribution in [-0.2, 0) is 4.79 Å². The number of carbonyl (C=O) groups is 2. The molecule has 0 bridgehead atoms. The standard InChI is InChI=1S/C13H18N6O2S/c1-7(2)14-12(21)16-10(20)6-22-13-18-17-11-15-8(3)5-9(4)19(11)13/h5,7H,6H2,1-4H3,(H2,14,16,20,21). The van der Waals surface area contributed by atoms with Crippen LogP contribution in [0.2, 0.25) is 0 Å². The molecule has 0 fully saturated rings. The van der Waals surface area contributed by atoms with Gasteiger partial charge in [0, 0.05) is 17.4 Å². The van der Waals surface area contributed by atoms with Gasteiger partial charge in [-0.15, -0.1) is 10.2 Å². The minimum absolute atomic E-state index is 0.0298. The Bertz CT molecular complexity index is 712. The Labute approximate surface area is 132 Å². The van der Waals surface area contributed by atoms with E-state index < -0.39 is 11.9 Å². The zero-order chi connectivity index (χ0) is 16.3. The van der Waals surface area contributed by atoms with Gasteiger partial charge in [-0.05, 0) is 33.8 Å². The number of amides is 3. The second-order valence-corrected chi connectivity index (χ2v) is 6.06. The lowest BCUT2D eigenvalue weighted by Crippen LogP contribution is -2.43. The Morgan fingerprint density at radius 1 is 1.32 bits per heavy atom. The van der Waals surface area contributed by atoms with Crippen molar-refractivity contribution in [1.82, 2.24) is 30.2 Å². The third-order valence-electron chi connectivity index (χ3n) is 2.67. The van der Waals surface area contributed by atoms with Crippen LogP contribution >= 0.6 is 11.8 Å². The molecule has 0 unspecified atom stereocenters. The number of thioether (sulfide) groups is 1. The number of imide groups is 1. The number of hydrogen-bond acceptors (Lipinski definition) is 6. The summed E-state index contributed by atoms with van der Waals surface area (Å²) in [7, 11) is 0. The maximum absolute atomic E-state index is 11.7. The highest BCUT2D eigenvalue weighted by atomic mass is 32.2. The Hall–Kier alpha value is -2.16. The molecule has 2 aromatic heterocycles. The normalized spacial score (nSPS) is 11.0. The van der Waals surface area contributed by atoms with E-state index in [0.29, 0.717) is 10.9 Å². The number of aryl methyl sites for hydroxylation is 2. The van der Waals surface area contributed by atoms with Crippen molar-refractivity contribution in [3.8, 4) is 0 Å². The number of rotatable bonds is 4. The van der Waals surface area contributed by atoms with Crippen LogP contribution in [0.25, 0.3) is 5.78 Å². The van der Waals surface area contributed by atoms with E-state index in [4.69, 9.17) is 0 Å². The Balaban J connectivity index is 2.00. The molecule has 22 heavy (non-hydrogen) atoms. The summed E-state index contributed by atoms with van der Waals surface area (Å²) < 4.78 is 1.78. The van der Waals surface area contributed by atoms with Gasteiger partial charge in [0.15, 0.2) is 5.16 Å². The van der Waals surface area contributed by atoms with Gasteiger partial charge in [-0.2, -0.15) is 0 Å². The molecule has 0 aromatic carbocycles. The predicted octanol–water partition coefficient (Wildman–Crippen LogP) is 1.07. The molecule has 3 amide bonds. The van der Waals surface area contributed by atoms with Crippen LogP contribution in [0, 0.1) is 13.8 Å². The number of nitrogens with zero attached hydrogens (tertiary/aromatic N) is 4. The van der Waals surface area contributed by atoms with Crippen molar-refractivity contribution >= 4 is 29.5 Å². The number of aromatic nitrogens is 4.